The summed E-state index contributed by atoms with van der Waals surface area (Å²) in [5, 5.41) is 5.86. The van der Waals surface area contributed by atoms with Gasteiger partial charge >= 0.3 is 0 Å². The van der Waals surface area contributed by atoms with Crippen LogP contribution in [0.15, 0.2) is 24.3 Å². The molecule has 0 radical (unpaired) electrons. The Kier molecular flexibility index (Phi) is 7.69. The number of likely N-dealkylation sites (N-methyl/N-ethyl adjacent to an activating group) is 1. The van der Waals surface area contributed by atoms with Crippen LogP contribution < -0.4 is 15.4 Å². The van der Waals surface area contributed by atoms with Gasteiger partial charge in [0.2, 0.25) is 5.91 Å². The van der Waals surface area contributed by atoms with Crippen molar-refractivity contribution in [1.82, 2.24) is 15.5 Å². The lowest BCUT2D eigenvalue weighted by Gasteiger charge is -2.14. The van der Waals surface area contributed by atoms with Crippen LogP contribution in [-0.4, -0.2) is 51.6 Å². The SMILES string of the molecule is CNCCC(=O)NCc1ccccc1OCCN(C)C. The van der Waals surface area contributed by atoms with E-state index in [1.165, 1.54) is 0 Å². The predicted molar refractivity (Wildman–Crippen MR) is 80.9 cm³/mol. The van der Waals surface area contributed by atoms with Gasteiger partial charge in [-0.2, -0.15) is 0 Å². The van der Waals surface area contributed by atoms with Gasteiger partial charge in [0.25, 0.3) is 0 Å². The highest BCUT2D eigenvalue weighted by Gasteiger charge is 2.05. The van der Waals surface area contributed by atoms with Gasteiger partial charge in [0.05, 0.1) is 0 Å². The Labute approximate surface area is 121 Å². The summed E-state index contributed by atoms with van der Waals surface area (Å²) in [5.41, 5.74) is 1.00. The van der Waals surface area contributed by atoms with Gasteiger partial charge in [-0.05, 0) is 27.2 Å². The van der Waals surface area contributed by atoms with Crippen molar-refractivity contribution in [3.05, 3.63) is 29.8 Å². The van der Waals surface area contributed by atoms with Crippen LogP contribution in [0.4, 0.5) is 0 Å². The predicted octanol–water partition coefficient (Wildman–Crippen LogP) is 0.853. The lowest BCUT2D eigenvalue weighted by Crippen LogP contribution is -2.26. The van der Waals surface area contributed by atoms with Crippen LogP contribution in [0.1, 0.15) is 12.0 Å². The fourth-order valence-electron chi connectivity index (χ4n) is 1.65. The lowest BCUT2D eigenvalue weighted by atomic mass is 10.2. The van der Waals surface area contributed by atoms with Gasteiger partial charge in [-0.15, -0.1) is 0 Å². The molecule has 0 unspecified atom stereocenters. The van der Waals surface area contributed by atoms with Gasteiger partial charge in [-0.1, -0.05) is 18.2 Å². The Morgan fingerprint density at radius 1 is 1.30 bits per heavy atom. The van der Waals surface area contributed by atoms with E-state index in [1.807, 2.05) is 45.4 Å². The smallest absolute Gasteiger partial charge is 0.221 e. The molecule has 0 saturated heterocycles. The number of hydrogen-bond donors (Lipinski definition) is 2. The molecule has 5 nitrogen and oxygen atoms in total. The monoisotopic (exact) mass is 279 g/mol. The van der Waals surface area contributed by atoms with E-state index in [9.17, 15) is 4.79 Å². The number of carbonyl (C=O) groups excluding carboxylic acids is 1. The number of amides is 1. The van der Waals surface area contributed by atoms with E-state index in [0.717, 1.165) is 17.9 Å². The third-order valence-electron chi connectivity index (χ3n) is 2.85. The zero-order chi connectivity index (χ0) is 14.8. The van der Waals surface area contributed by atoms with Crippen molar-refractivity contribution in [2.24, 2.45) is 0 Å². The third kappa shape index (κ3) is 6.54. The van der Waals surface area contributed by atoms with Crippen LogP contribution in [0.25, 0.3) is 0 Å². The van der Waals surface area contributed by atoms with E-state index in [1.54, 1.807) is 0 Å². The van der Waals surface area contributed by atoms with E-state index in [2.05, 4.69) is 15.5 Å². The van der Waals surface area contributed by atoms with E-state index >= 15 is 0 Å². The summed E-state index contributed by atoms with van der Waals surface area (Å²) in [6.45, 7) is 2.69. The molecule has 112 valence electrons. The molecule has 0 fully saturated rings. The fourth-order valence-corrected chi connectivity index (χ4v) is 1.65. The summed E-state index contributed by atoms with van der Waals surface area (Å²) >= 11 is 0. The number of nitrogens with one attached hydrogen (secondary N) is 2. The molecule has 0 aromatic heterocycles. The second kappa shape index (κ2) is 9.34. The Balaban J connectivity index is 2.46. The van der Waals surface area contributed by atoms with Crippen molar-refractivity contribution in [3.63, 3.8) is 0 Å². The maximum Gasteiger partial charge on any atom is 0.221 e. The summed E-state index contributed by atoms with van der Waals surface area (Å²) in [7, 11) is 5.86. The standard InChI is InChI=1S/C15H25N3O2/c1-16-9-8-15(19)17-12-13-6-4-5-7-14(13)20-11-10-18(2)3/h4-7,16H,8-12H2,1-3H3,(H,17,19). The first kappa shape index (κ1) is 16.5. The molecule has 2 N–H and O–H groups in total. The summed E-state index contributed by atoms with van der Waals surface area (Å²) < 4.78 is 5.76. The first-order chi connectivity index (χ1) is 9.63. The number of nitrogens with zero attached hydrogens (tertiary/aromatic N) is 1. The lowest BCUT2D eigenvalue weighted by molar-refractivity contribution is -0.121. The van der Waals surface area contributed by atoms with Gasteiger partial charge in [0.15, 0.2) is 0 Å². The highest BCUT2D eigenvalue weighted by molar-refractivity contribution is 5.76. The number of rotatable bonds is 9. The molecule has 0 aliphatic carbocycles. The number of benzene rings is 1. The van der Waals surface area contributed by atoms with Gasteiger partial charge in [-0.3, -0.25) is 4.79 Å². The second-order valence-electron chi connectivity index (χ2n) is 4.89. The number of hydrogen-bond acceptors (Lipinski definition) is 4. The van der Waals surface area contributed by atoms with E-state index in [4.69, 9.17) is 4.74 Å². The molecule has 1 aromatic rings. The maximum absolute atomic E-state index is 11.6. The topological polar surface area (TPSA) is 53.6 Å². The molecule has 1 rings (SSSR count). The molecule has 0 atom stereocenters. The first-order valence-corrected chi connectivity index (χ1v) is 6.90. The quantitative estimate of drug-likeness (QED) is 0.704. The normalized spacial score (nSPS) is 10.6. The molecule has 0 heterocycles. The van der Waals surface area contributed by atoms with Gasteiger partial charge in [-0.25, -0.2) is 0 Å². The largest absolute Gasteiger partial charge is 0.492 e. The van der Waals surface area contributed by atoms with Crippen molar-refractivity contribution in [3.8, 4) is 5.75 Å². The molecule has 0 saturated carbocycles. The van der Waals surface area contributed by atoms with Crippen LogP contribution >= 0.6 is 0 Å². The number of carbonyl (C=O) groups is 1. The highest BCUT2D eigenvalue weighted by Crippen LogP contribution is 2.17. The Morgan fingerprint density at radius 3 is 2.75 bits per heavy atom. The molecule has 0 bridgehead atoms. The van der Waals surface area contributed by atoms with Gasteiger partial charge in [0.1, 0.15) is 12.4 Å². The molecular formula is C15H25N3O2. The van der Waals surface area contributed by atoms with Gasteiger partial charge in [0, 0.05) is 31.6 Å². The van der Waals surface area contributed by atoms with Crippen LogP contribution in [0.5, 0.6) is 5.75 Å². The van der Waals surface area contributed by atoms with E-state index in [0.29, 0.717) is 26.1 Å². The van der Waals surface area contributed by atoms with E-state index < -0.39 is 0 Å². The van der Waals surface area contributed by atoms with Crippen LogP contribution in [0.2, 0.25) is 0 Å². The number of ether oxygens (including phenoxy) is 1. The molecule has 0 aliphatic rings. The molecule has 1 aromatic carbocycles. The van der Waals surface area contributed by atoms with Crippen molar-refractivity contribution in [2.75, 3.05) is 40.8 Å². The molecule has 0 spiro atoms. The zero-order valence-electron chi connectivity index (χ0n) is 12.6. The summed E-state index contributed by atoms with van der Waals surface area (Å²) in [6, 6.07) is 7.80. The first-order valence-electron chi connectivity index (χ1n) is 6.90. The van der Waals surface area contributed by atoms with Crippen LogP contribution in [0, 0.1) is 0 Å². The molecule has 1 amide bonds. The summed E-state index contributed by atoms with van der Waals surface area (Å²) in [6.07, 6.45) is 0.486. The van der Waals surface area contributed by atoms with Crippen molar-refractivity contribution < 1.29 is 9.53 Å². The Bertz CT molecular complexity index is 408. The molecule has 5 heteroatoms. The van der Waals surface area contributed by atoms with E-state index in [-0.39, 0.29) is 5.91 Å². The van der Waals surface area contributed by atoms with Crippen LogP contribution in [0.3, 0.4) is 0 Å². The Hall–Kier alpha value is -1.59. The highest BCUT2D eigenvalue weighted by atomic mass is 16.5. The Morgan fingerprint density at radius 2 is 2.05 bits per heavy atom. The van der Waals surface area contributed by atoms with Crippen LogP contribution in [-0.2, 0) is 11.3 Å². The minimum atomic E-state index is 0.0439. The second-order valence-corrected chi connectivity index (χ2v) is 4.89. The average Bonchev–Trinajstić information content (AvgIpc) is 2.43. The molecule has 0 aliphatic heterocycles. The van der Waals surface area contributed by atoms with Crippen molar-refractivity contribution in [2.45, 2.75) is 13.0 Å². The third-order valence-corrected chi connectivity index (χ3v) is 2.85. The minimum absolute atomic E-state index is 0.0439. The summed E-state index contributed by atoms with van der Waals surface area (Å²) in [4.78, 5) is 13.7. The zero-order valence-corrected chi connectivity index (χ0v) is 12.6. The fraction of sp³-hybridized carbons (Fsp3) is 0.533. The van der Waals surface area contributed by atoms with Crippen molar-refractivity contribution in [1.29, 1.82) is 0 Å². The van der Waals surface area contributed by atoms with Gasteiger partial charge < -0.3 is 20.3 Å². The van der Waals surface area contributed by atoms with Crippen molar-refractivity contribution >= 4 is 5.91 Å². The molecular weight excluding hydrogens is 254 g/mol. The minimum Gasteiger partial charge on any atom is -0.492 e. The number of para-hydroxylation sites is 1. The maximum atomic E-state index is 11.6. The average molecular weight is 279 g/mol. The summed E-state index contributed by atoms with van der Waals surface area (Å²) in [5.74, 6) is 0.880. The molecule has 20 heavy (non-hydrogen) atoms.